The van der Waals surface area contributed by atoms with Gasteiger partial charge in [0.15, 0.2) is 5.82 Å². The number of hydrogen-bond acceptors (Lipinski definition) is 6. The number of nitrogens with one attached hydrogen (secondary N) is 1. The number of hydrogen-bond donors (Lipinski definition) is 1. The number of rotatable bonds is 6. The van der Waals surface area contributed by atoms with Crippen molar-refractivity contribution in [1.82, 2.24) is 24.6 Å². The van der Waals surface area contributed by atoms with Crippen molar-refractivity contribution in [3.8, 4) is 17.0 Å². The molecule has 0 aliphatic carbocycles. The average molecular weight is 367 g/mol. The standard InChI is InChI=1S/C18H15ClN6O/c19-18-23-17(22-9-11-26-15-12-20-7-8-21-15)16-14(6-10-25(16)24-18)13-4-2-1-3-5-13/h1-8,10,12H,9,11H2,(H,22,23,24). The Labute approximate surface area is 154 Å². The van der Waals surface area contributed by atoms with Crippen molar-refractivity contribution in [2.75, 3.05) is 18.5 Å². The molecule has 26 heavy (non-hydrogen) atoms. The highest BCUT2D eigenvalue weighted by atomic mass is 35.5. The maximum Gasteiger partial charge on any atom is 0.243 e. The number of ether oxygens (including phenoxy) is 1. The fourth-order valence-electron chi connectivity index (χ4n) is 2.66. The van der Waals surface area contributed by atoms with Crippen molar-refractivity contribution in [2.24, 2.45) is 0 Å². The number of benzene rings is 1. The van der Waals surface area contributed by atoms with E-state index in [1.54, 1.807) is 23.1 Å². The van der Waals surface area contributed by atoms with Crippen molar-refractivity contribution >= 4 is 22.9 Å². The molecule has 1 aromatic carbocycles. The van der Waals surface area contributed by atoms with Crippen LogP contribution in [0.25, 0.3) is 16.6 Å². The van der Waals surface area contributed by atoms with Gasteiger partial charge >= 0.3 is 0 Å². The maximum absolute atomic E-state index is 6.06. The zero-order valence-corrected chi connectivity index (χ0v) is 14.5. The van der Waals surface area contributed by atoms with Crippen molar-refractivity contribution in [3.05, 3.63) is 66.5 Å². The van der Waals surface area contributed by atoms with Gasteiger partial charge in [-0.05, 0) is 23.2 Å². The lowest BCUT2D eigenvalue weighted by Gasteiger charge is -2.10. The SMILES string of the molecule is Clc1nc(NCCOc2cnccn2)c2c(-c3ccccc3)ccn2n1. The second-order valence-corrected chi connectivity index (χ2v) is 5.78. The average Bonchev–Trinajstić information content (AvgIpc) is 3.10. The van der Waals surface area contributed by atoms with Gasteiger partial charge < -0.3 is 10.1 Å². The van der Waals surface area contributed by atoms with Crippen molar-refractivity contribution in [2.45, 2.75) is 0 Å². The van der Waals surface area contributed by atoms with Gasteiger partial charge in [-0.25, -0.2) is 9.50 Å². The summed E-state index contributed by atoms with van der Waals surface area (Å²) in [5.74, 6) is 1.13. The number of halogens is 1. The molecule has 0 unspecified atom stereocenters. The van der Waals surface area contributed by atoms with Crippen molar-refractivity contribution < 1.29 is 4.74 Å². The van der Waals surface area contributed by atoms with Crippen LogP contribution in [0.4, 0.5) is 5.82 Å². The van der Waals surface area contributed by atoms with Gasteiger partial charge in [0.1, 0.15) is 12.1 Å². The van der Waals surface area contributed by atoms with Crippen LogP contribution in [0, 0.1) is 0 Å². The summed E-state index contributed by atoms with van der Waals surface area (Å²) in [7, 11) is 0. The monoisotopic (exact) mass is 366 g/mol. The molecule has 0 spiro atoms. The van der Waals surface area contributed by atoms with Crippen LogP contribution < -0.4 is 10.1 Å². The summed E-state index contributed by atoms with van der Waals surface area (Å²) in [5.41, 5.74) is 2.97. The summed E-state index contributed by atoms with van der Waals surface area (Å²) >= 11 is 6.06. The molecule has 1 N–H and O–H groups in total. The van der Waals surface area contributed by atoms with Crippen LogP contribution in [0.3, 0.4) is 0 Å². The van der Waals surface area contributed by atoms with E-state index < -0.39 is 0 Å². The highest BCUT2D eigenvalue weighted by Gasteiger charge is 2.13. The molecule has 0 radical (unpaired) electrons. The molecular formula is C18H15ClN6O. The van der Waals surface area contributed by atoms with Crippen LogP contribution in [-0.2, 0) is 0 Å². The second kappa shape index (κ2) is 7.37. The third kappa shape index (κ3) is 3.43. The predicted molar refractivity (Wildman–Crippen MR) is 99.4 cm³/mol. The van der Waals surface area contributed by atoms with Crippen LogP contribution in [-0.4, -0.2) is 37.7 Å². The first-order valence-corrected chi connectivity index (χ1v) is 8.42. The summed E-state index contributed by atoms with van der Waals surface area (Å²) in [4.78, 5) is 12.4. The highest BCUT2D eigenvalue weighted by molar-refractivity contribution is 6.28. The fraction of sp³-hybridized carbons (Fsp3) is 0.111. The van der Waals surface area contributed by atoms with E-state index in [-0.39, 0.29) is 5.28 Å². The molecule has 8 heteroatoms. The quantitative estimate of drug-likeness (QED) is 0.527. The Morgan fingerprint density at radius 1 is 1.12 bits per heavy atom. The highest BCUT2D eigenvalue weighted by Crippen LogP contribution is 2.29. The molecule has 130 valence electrons. The first kappa shape index (κ1) is 16.3. The van der Waals surface area contributed by atoms with Crippen molar-refractivity contribution in [3.63, 3.8) is 0 Å². The van der Waals surface area contributed by atoms with Crippen LogP contribution in [0.15, 0.2) is 61.2 Å². The van der Waals surface area contributed by atoms with Crippen LogP contribution in [0.2, 0.25) is 5.28 Å². The molecule has 3 heterocycles. The summed E-state index contributed by atoms with van der Waals surface area (Å²) in [6, 6.07) is 12.1. The Balaban J connectivity index is 1.57. The normalized spacial score (nSPS) is 10.8. The molecule has 0 aliphatic heterocycles. The fourth-order valence-corrected chi connectivity index (χ4v) is 2.82. The Morgan fingerprint density at radius 2 is 2.00 bits per heavy atom. The smallest absolute Gasteiger partial charge is 0.243 e. The molecule has 0 saturated carbocycles. The van der Waals surface area contributed by atoms with E-state index in [0.29, 0.717) is 24.8 Å². The first-order valence-electron chi connectivity index (χ1n) is 8.04. The molecular weight excluding hydrogens is 352 g/mol. The minimum Gasteiger partial charge on any atom is -0.475 e. The van der Waals surface area contributed by atoms with Gasteiger partial charge in [0.05, 0.1) is 12.7 Å². The minimum absolute atomic E-state index is 0.171. The molecule has 3 aromatic heterocycles. The molecule has 4 aromatic rings. The van der Waals surface area contributed by atoms with Crippen molar-refractivity contribution in [1.29, 1.82) is 0 Å². The molecule has 0 bridgehead atoms. The molecule has 0 atom stereocenters. The van der Waals surface area contributed by atoms with E-state index in [0.717, 1.165) is 16.6 Å². The van der Waals surface area contributed by atoms with E-state index in [9.17, 15) is 0 Å². The van der Waals surface area contributed by atoms with E-state index >= 15 is 0 Å². The minimum atomic E-state index is 0.171. The maximum atomic E-state index is 6.06. The summed E-state index contributed by atoms with van der Waals surface area (Å²) in [6.45, 7) is 0.937. The molecule has 4 rings (SSSR count). The molecule has 0 amide bonds. The van der Waals surface area contributed by atoms with Crippen LogP contribution in [0.1, 0.15) is 0 Å². The van der Waals surface area contributed by atoms with Gasteiger partial charge in [0, 0.05) is 24.2 Å². The summed E-state index contributed by atoms with van der Waals surface area (Å²) in [5, 5.41) is 7.68. The lowest BCUT2D eigenvalue weighted by atomic mass is 10.1. The third-order valence-corrected chi connectivity index (χ3v) is 3.91. The predicted octanol–water partition coefficient (Wildman–Crippen LogP) is 3.33. The van der Waals surface area contributed by atoms with E-state index in [1.807, 2.05) is 42.6 Å². The van der Waals surface area contributed by atoms with E-state index in [2.05, 4.69) is 25.4 Å². The molecule has 7 nitrogen and oxygen atoms in total. The first-order chi connectivity index (χ1) is 12.8. The van der Waals surface area contributed by atoms with Crippen LogP contribution in [0.5, 0.6) is 5.88 Å². The third-order valence-electron chi connectivity index (χ3n) is 3.75. The Bertz CT molecular complexity index is 1010. The largest absolute Gasteiger partial charge is 0.475 e. The number of aromatic nitrogens is 5. The molecule has 0 aliphatic rings. The Morgan fingerprint density at radius 3 is 2.81 bits per heavy atom. The summed E-state index contributed by atoms with van der Waals surface area (Å²) < 4.78 is 7.27. The second-order valence-electron chi connectivity index (χ2n) is 5.44. The zero-order chi connectivity index (χ0) is 17.8. The molecule has 0 saturated heterocycles. The van der Waals surface area contributed by atoms with Gasteiger partial charge in [-0.3, -0.25) is 4.98 Å². The Kier molecular flexibility index (Phi) is 4.61. The number of anilines is 1. The van der Waals surface area contributed by atoms with Crippen LogP contribution >= 0.6 is 11.6 Å². The van der Waals surface area contributed by atoms with Gasteiger partial charge in [-0.15, -0.1) is 5.10 Å². The topological polar surface area (TPSA) is 77.2 Å². The van der Waals surface area contributed by atoms with Gasteiger partial charge in [0.25, 0.3) is 0 Å². The molecule has 0 fully saturated rings. The van der Waals surface area contributed by atoms with Gasteiger partial charge in [-0.2, -0.15) is 4.98 Å². The van der Waals surface area contributed by atoms with E-state index in [1.165, 1.54) is 0 Å². The van der Waals surface area contributed by atoms with Gasteiger partial charge in [-0.1, -0.05) is 30.3 Å². The summed E-state index contributed by atoms with van der Waals surface area (Å²) in [6.07, 6.45) is 6.62. The number of nitrogens with zero attached hydrogens (tertiary/aromatic N) is 5. The van der Waals surface area contributed by atoms with E-state index in [4.69, 9.17) is 16.3 Å². The number of fused-ring (bicyclic) bond motifs is 1. The van der Waals surface area contributed by atoms with Gasteiger partial charge in [0.2, 0.25) is 11.2 Å². The lowest BCUT2D eigenvalue weighted by Crippen LogP contribution is -2.14. The zero-order valence-electron chi connectivity index (χ0n) is 13.7. The lowest BCUT2D eigenvalue weighted by molar-refractivity contribution is 0.318. The Hall–Kier alpha value is -3.19.